The topological polar surface area (TPSA) is 75.7 Å². The third-order valence-corrected chi connectivity index (χ3v) is 8.21. The summed E-state index contributed by atoms with van der Waals surface area (Å²) in [5, 5.41) is 2.90. The van der Waals surface area contributed by atoms with E-state index in [1.54, 1.807) is 48.2 Å². The lowest BCUT2D eigenvalue weighted by Gasteiger charge is -2.13. The van der Waals surface area contributed by atoms with Gasteiger partial charge < -0.3 is 10.1 Å². The highest BCUT2D eigenvalue weighted by molar-refractivity contribution is 9.11. The van der Waals surface area contributed by atoms with Crippen molar-refractivity contribution in [3.8, 4) is 5.75 Å². The minimum atomic E-state index is -0.515. The highest BCUT2D eigenvalue weighted by atomic mass is 79.9. The molecular formula is C26H19Br2ClN2O4S2. The van der Waals surface area contributed by atoms with Crippen LogP contribution in [0.25, 0.3) is 6.08 Å². The number of benzene rings is 3. The fraction of sp³-hybridized carbons (Fsp3) is 0.115. The van der Waals surface area contributed by atoms with Crippen LogP contribution in [0.2, 0.25) is 5.02 Å². The average Bonchev–Trinajstić information content (AvgIpc) is 3.12. The Morgan fingerprint density at radius 1 is 1.11 bits per heavy atom. The van der Waals surface area contributed by atoms with Gasteiger partial charge in [-0.05, 0) is 110 Å². The maximum atomic E-state index is 12.9. The number of rotatable bonds is 8. The summed E-state index contributed by atoms with van der Waals surface area (Å²) in [6.07, 6.45) is 3.55. The number of carbonyl (C=O) groups excluding carboxylic acids is 3. The van der Waals surface area contributed by atoms with E-state index in [0.29, 0.717) is 37.6 Å². The largest absolute Gasteiger partial charge is 0.487 e. The van der Waals surface area contributed by atoms with Gasteiger partial charge in [0.05, 0.1) is 13.9 Å². The van der Waals surface area contributed by atoms with E-state index in [-0.39, 0.29) is 11.4 Å². The van der Waals surface area contributed by atoms with Gasteiger partial charge in [0.15, 0.2) is 0 Å². The second kappa shape index (κ2) is 12.5. The van der Waals surface area contributed by atoms with Crippen molar-refractivity contribution in [3.05, 3.63) is 90.7 Å². The normalized spacial score (nSPS) is 14.4. The van der Waals surface area contributed by atoms with Gasteiger partial charge in [0.25, 0.3) is 11.1 Å². The molecule has 6 nitrogen and oxygen atoms in total. The molecule has 1 N–H and O–H groups in total. The van der Waals surface area contributed by atoms with E-state index >= 15 is 0 Å². The molecule has 1 heterocycles. The number of nitrogens with zero attached hydrogens (tertiary/aromatic N) is 1. The van der Waals surface area contributed by atoms with Crippen LogP contribution < -0.4 is 10.1 Å². The molecular weight excluding hydrogens is 664 g/mol. The fourth-order valence-corrected chi connectivity index (χ4v) is 6.24. The Morgan fingerprint density at radius 3 is 2.49 bits per heavy atom. The van der Waals surface area contributed by atoms with Crippen LogP contribution in [0.4, 0.5) is 10.5 Å². The van der Waals surface area contributed by atoms with Crippen LogP contribution in [0.15, 0.2) is 79.4 Å². The van der Waals surface area contributed by atoms with E-state index in [1.807, 2.05) is 36.6 Å². The number of amides is 3. The molecule has 0 bridgehead atoms. The first-order chi connectivity index (χ1) is 17.7. The minimum absolute atomic E-state index is 0.232. The third-order valence-electron chi connectivity index (χ3n) is 5.14. The Hall–Kier alpha value is -2.24. The van der Waals surface area contributed by atoms with E-state index < -0.39 is 17.1 Å². The lowest BCUT2D eigenvalue weighted by molar-refractivity contribution is -0.127. The minimum Gasteiger partial charge on any atom is -0.487 e. The van der Waals surface area contributed by atoms with Crippen molar-refractivity contribution in [2.45, 2.75) is 11.5 Å². The number of nitrogens with one attached hydrogen (secondary N) is 1. The van der Waals surface area contributed by atoms with Gasteiger partial charge in [-0.15, -0.1) is 11.8 Å². The van der Waals surface area contributed by atoms with Gasteiger partial charge >= 0.3 is 0 Å². The van der Waals surface area contributed by atoms with Gasteiger partial charge in [0.1, 0.15) is 18.9 Å². The maximum Gasteiger partial charge on any atom is 0.294 e. The molecule has 1 fully saturated rings. The molecule has 0 radical (unpaired) electrons. The van der Waals surface area contributed by atoms with E-state index in [0.717, 1.165) is 27.1 Å². The fourth-order valence-electron chi connectivity index (χ4n) is 3.37. The molecule has 1 aliphatic heterocycles. The Balaban J connectivity index is 1.43. The van der Waals surface area contributed by atoms with Crippen molar-refractivity contribution in [1.82, 2.24) is 4.90 Å². The summed E-state index contributed by atoms with van der Waals surface area (Å²) in [6, 6.07) is 18.3. The highest BCUT2D eigenvalue weighted by Gasteiger charge is 2.36. The van der Waals surface area contributed by atoms with Crippen LogP contribution in [-0.2, 0) is 16.2 Å². The first-order valence-electron chi connectivity index (χ1n) is 10.8. The third kappa shape index (κ3) is 7.20. The van der Waals surface area contributed by atoms with Crippen LogP contribution in [0, 0.1) is 0 Å². The molecule has 190 valence electrons. The summed E-state index contributed by atoms with van der Waals surface area (Å²) in [5.74, 6) is -0.366. The summed E-state index contributed by atoms with van der Waals surface area (Å²) < 4.78 is 7.29. The standard InChI is InChI=1S/C26H19Br2ClN2O4S2/c1-36-19-4-2-3-18(12-19)30-23(32)13-31-25(33)22(37-26(31)34)11-16-9-20(27)24(21(28)10-16)35-14-15-5-7-17(29)8-6-15/h2-12H,13-14H2,1H3,(H,30,32)/b22-11+. The molecule has 0 aromatic heterocycles. The van der Waals surface area contributed by atoms with E-state index in [2.05, 4.69) is 37.2 Å². The molecule has 0 spiro atoms. The van der Waals surface area contributed by atoms with Gasteiger partial charge in [0.2, 0.25) is 5.91 Å². The smallest absolute Gasteiger partial charge is 0.294 e. The zero-order valence-electron chi connectivity index (χ0n) is 19.3. The molecule has 1 aliphatic rings. The van der Waals surface area contributed by atoms with E-state index in [4.69, 9.17) is 16.3 Å². The SMILES string of the molecule is CSc1cccc(NC(=O)CN2C(=O)S/C(=C/c3cc(Br)c(OCc4ccc(Cl)cc4)c(Br)c3)C2=O)c1. The van der Waals surface area contributed by atoms with Crippen molar-refractivity contribution in [1.29, 1.82) is 0 Å². The average molecular weight is 683 g/mol. The molecule has 11 heteroatoms. The second-order valence-corrected chi connectivity index (χ2v) is 11.8. The lowest BCUT2D eigenvalue weighted by Crippen LogP contribution is -2.36. The van der Waals surface area contributed by atoms with Gasteiger partial charge in [-0.25, -0.2) is 0 Å². The van der Waals surface area contributed by atoms with Crippen molar-refractivity contribution < 1.29 is 19.1 Å². The van der Waals surface area contributed by atoms with Crippen LogP contribution in [-0.4, -0.2) is 34.8 Å². The molecule has 0 unspecified atom stereocenters. The van der Waals surface area contributed by atoms with Crippen molar-refractivity contribution in [3.63, 3.8) is 0 Å². The predicted octanol–water partition coefficient (Wildman–Crippen LogP) is 7.84. The first kappa shape index (κ1) is 27.8. The molecule has 3 aromatic carbocycles. The van der Waals surface area contributed by atoms with Gasteiger partial charge in [-0.2, -0.15) is 0 Å². The number of ether oxygens (including phenoxy) is 1. The molecule has 4 rings (SSSR count). The summed E-state index contributed by atoms with van der Waals surface area (Å²) in [6.45, 7) is -0.0212. The molecule has 0 saturated carbocycles. The van der Waals surface area contributed by atoms with Gasteiger partial charge in [-0.3, -0.25) is 19.3 Å². The molecule has 0 atom stereocenters. The van der Waals surface area contributed by atoms with Crippen LogP contribution >= 0.6 is 67.0 Å². The van der Waals surface area contributed by atoms with Crippen LogP contribution in [0.1, 0.15) is 11.1 Å². The number of imide groups is 1. The lowest BCUT2D eigenvalue weighted by atomic mass is 10.2. The van der Waals surface area contributed by atoms with Crippen molar-refractivity contribution >= 4 is 95.8 Å². The Morgan fingerprint density at radius 2 is 1.81 bits per heavy atom. The van der Waals surface area contributed by atoms with Crippen LogP contribution in [0.5, 0.6) is 5.75 Å². The predicted molar refractivity (Wildman–Crippen MR) is 157 cm³/mol. The highest BCUT2D eigenvalue weighted by Crippen LogP contribution is 2.38. The van der Waals surface area contributed by atoms with Gasteiger partial charge in [-0.1, -0.05) is 29.8 Å². The summed E-state index contributed by atoms with van der Waals surface area (Å²) >= 11 is 15.3. The Labute approximate surface area is 244 Å². The summed E-state index contributed by atoms with van der Waals surface area (Å²) in [5.41, 5.74) is 2.25. The quantitative estimate of drug-likeness (QED) is 0.193. The van der Waals surface area contributed by atoms with E-state index in [1.165, 1.54) is 0 Å². The van der Waals surface area contributed by atoms with Crippen LogP contribution in [0.3, 0.4) is 0 Å². The number of hydrogen-bond acceptors (Lipinski definition) is 6. The number of halogens is 3. The molecule has 1 saturated heterocycles. The zero-order valence-corrected chi connectivity index (χ0v) is 24.9. The van der Waals surface area contributed by atoms with Crippen molar-refractivity contribution in [2.24, 2.45) is 0 Å². The first-order valence-corrected chi connectivity index (χ1v) is 14.8. The number of anilines is 1. The number of carbonyl (C=O) groups is 3. The number of hydrogen-bond donors (Lipinski definition) is 1. The maximum absolute atomic E-state index is 12.9. The molecule has 0 aliphatic carbocycles. The Bertz CT molecular complexity index is 1380. The monoisotopic (exact) mass is 680 g/mol. The molecule has 3 amide bonds. The second-order valence-electron chi connectivity index (χ2n) is 7.78. The Kier molecular flexibility index (Phi) is 9.41. The number of thioether (sulfide) groups is 2. The summed E-state index contributed by atoms with van der Waals surface area (Å²) in [4.78, 5) is 40.1. The molecule has 3 aromatic rings. The summed E-state index contributed by atoms with van der Waals surface area (Å²) in [7, 11) is 0. The molecule has 37 heavy (non-hydrogen) atoms. The zero-order chi connectivity index (χ0) is 26.5. The van der Waals surface area contributed by atoms with Crippen molar-refractivity contribution in [2.75, 3.05) is 18.1 Å². The van der Waals surface area contributed by atoms with Gasteiger partial charge in [0, 0.05) is 15.6 Å². The van der Waals surface area contributed by atoms with E-state index in [9.17, 15) is 14.4 Å².